The smallest absolute Gasteiger partial charge is 0.123 e. The van der Waals surface area contributed by atoms with Crippen LogP contribution in [0.15, 0.2) is 24.3 Å². The first-order valence-corrected chi connectivity index (χ1v) is 6.79. The van der Waals surface area contributed by atoms with E-state index in [1.165, 1.54) is 6.42 Å². The van der Waals surface area contributed by atoms with Gasteiger partial charge in [-0.25, -0.2) is 0 Å². The van der Waals surface area contributed by atoms with Gasteiger partial charge in [0.25, 0.3) is 0 Å². The highest BCUT2D eigenvalue weighted by molar-refractivity contribution is 5.35. The van der Waals surface area contributed by atoms with Crippen molar-refractivity contribution in [2.75, 3.05) is 7.11 Å². The fraction of sp³-hybridized carbons (Fsp3) is 0.600. The Morgan fingerprint density at radius 3 is 2.72 bits per heavy atom. The molecule has 1 aliphatic carbocycles. The van der Waals surface area contributed by atoms with Crippen molar-refractivity contribution >= 4 is 0 Å². The second-order valence-electron chi connectivity index (χ2n) is 5.09. The minimum absolute atomic E-state index is 0.193. The van der Waals surface area contributed by atoms with Crippen molar-refractivity contribution < 1.29 is 9.84 Å². The number of rotatable bonds is 4. The first-order valence-electron chi connectivity index (χ1n) is 6.79. The van der Waals surface area contributed by atoms with Gasteiger partial charge in [0.15, 0.2) is 0 Å². The highest BCUT2D eigenvalue weighted by atomic mass is 16.5. The van der Waals surface area contributed by atoms with Crippen LogP contribution in [0.1, 0.15) is 44.2 Å². The Bertz CT molecular complexity index is 381. The number of methoxy groups -OCH3 is 1. The number of hydrogen-bond donors (Lipinski definition) is 2. The minimum Gasteiger partial charge on any atom is -0.496 e. The molecule has 1 aromatic rings. The Balaban J connectivity index is 2.04. The van der Waals surface area contributed by atoms with Crippen LogP contribution in [0.25, 0.3) is 0 Å². The average molecular weight is 249 g/mol. The Morgan fingerprint density at radius 1 is 1.28 bits per heavy atom. The van der Waals surface area contributed by atoms with Crippen molar-refractivity contribution in [2.45, 2.75) is 50.8 Å². The Morgan fingerprint density at radius 2 is 2.00 bits per heavy atom. The summed E-state index contributed by atoms with van der Waals surface area (Å²) in [5.74, 6) is 0.905. The molecule has 0 amide bonds. The summed E-state index contributed by atoms with van der Waals surface area (Å²) >= 11 is 0. The van der Waals surface area contributed by atoms with E-state index in [9.17, 15) is 5.11 Å². The van der Waals surface area contributed by atoms with Crippen molar-refractivity contribution in [1.82, 2.24) is 5.32 Å². The summed E-state index contributed by atoms with van der Waals surface area (Å²) in [5, 5.41) is 13.5. The molecule has 0 aliphatic heterocycles. The molecule has 0 bridgehead atoms. The third-order valence-corrected chi connectivity index (χ3v) is 3.80. The SMILES string of the molecule is COc1ccccc1[C@@H](C)N[C@H]1CCCC[C@@H]1O. The number of nitrogens with one attached hydrogen (secondary N) is 1. The zero-order chi connectivity index (χ0) is 13.0. The monoisotopic (exact) mass is 249 g/mol. The van der Waals surface area contributed by atoms with E-state index >= 15 is 0 Å². The quantitative estimate of drug-likeness (QED) is 0.862. The van der Waals surface area contributed by atoms with Crippen LogP contribution >= 0.6 is 0 Å². The van der Waals surface area contributed by atoms with E-state index in [0.717, 1.165) is 30.6 Å². The molecular weight excluding hydrogens is 226 g/mol. The molecule has 0 radical (unpaired) electrons. The molecule has 0 aromatic heterocycles. The first-order chi connectivity index (χ1) is 8.72. The van der Waals surface area contributed by atoms with Crippen LogP contribution in [0.4, 0.5) is 0 Å². The lowest BCUT2D eigenvalue weighted by atomic mass is 9.91. The second-order valence-corrected chi connectivity index (χ2v) is 5.09. The van der Waals surface area contributed by atoms with Gasteiger partial charge in [0.1, 0.15) is 5.75 Å². The van der Waals surface area contributed by atoms with E-state index in [4.69, 9.17) is 4.74 Å². The molecule has 0 spiro atoms. The lowest BCUT2D eigenvalue weighted by Gasteiger charge is -2.31. The summed E-state index contributed by atoms with van der Waals surface area (Å²) in [6.45, 7) is 2.12. The molecule has 1 saturated carbocycles. The molecule has 3 atom stereocenters. The molecule has 100 valence electrons. The molecule has 0 saturated heterocycles. The van der Waals surface area contributed by atoms with Gasteiger partial charge < -0.3 is 15.2 Å². The van der Waals surface area contributed by atoms with E-state index in [2.05, 4.69) is 18.3 Å². The average Bonchev–Trinajstić information content (AvgIpc) is 2.41. The Kier molecular flexibility index (Phi) is 4.61. The molecule has 1 fully saturated rings. The van der Waals surface area contributed by atoms with Crippen molar-refractivity contribution in [2.24, 2.45) is 0 Å². The third kappa shape index (κ3) is 3.03. The zero-order valence-electron chi connectivity index (χ0n) is 11.2. The first kappa shape index (κ1) is 13.4. The number of ether oxygens (including phenoxy) is 1. The maximum atomic E-state index is 10.00. The van der Waals surface area contributed by atoms with Crippen LogP contribution in [0, 0.1) is 0 Å². The number of para-hydroxylation sites is 1. The standard InChI is InChI=1S/C15H23NO2/c1-11(12-7-3-6-10-15(12)18-2)16-13-8-4-5-9-14(13)17/h3,6-7,10-11,13-14,16-17H,4-5,8-9H2,1-2H3/t11-,13+,14+/m1/s1. The molecule has 18 heavy (non-hydrogen) atoms. The van der Waals surface area contributed by atoms with E-state index in [0.29, 0.717) is 0 Å². The van der Waals surface area contributed by atoms with Crippen LogP contribution in [0.2, 0.25) is 0 Å². The van der Waals surface area contributed by atoms with Crippen LogP contribution < -0.4 is 10.1 Å². The van der Waals surface area contributed by atoms with Crippen molar-refractivity contribution in [3.8, 4) is 5.75 Å². The molecule has 3 nitrogen and oxygen atoms in total. The van der Waals surface area contributed by atoms with Gasteiger partial charge in [-0.15, -0.1) is 0 Å². The lowest BCUT2D eigenvalue weighted by Crippen LogP contribution is -2.43. The molecule has 0 unspecified atom stereocenters. The lowest BCUT2D eigenvalue weighted by molar-refractivity contribution is 0.0858. The highest BCUT2D eigenvalue weighted by Crippen LogP contribution is 2.27. The highest BCUT2D eigenvalue weighted by Gasteiger charge is 2.25. The normalized spacial score (nSPS) is 25.7. The number of hydrogen-bond acceptors (Lipinski definition) is 3. The molecule has 2 rings (SSSR count). The fourth-order valence-corrected chi connectivity index (χ4v) is 2.74. The summed E-state index contributed by atoms with van der Waals surface area (Å²) in [7, 11) is 1.70. The van der Waals surface area contributed by atoms with Gasteiger partial charge in [-0.3, -0.25) is 0 Å². The summed E-state index contributed by atoms with van der Waals surface area (Å²) in [6.07, 6.45) is 4.10. The number of aliphatic hydroxyl groups is 1. The van der Waals surface area contributed by atoms with Gasteiger partial charge in [-0.05, 0) is 25.8 Å². The number of aliphatic hydroxyl groups excluding tert-OH is 1. The van der Waals surface area contributed by atoms with E-state index in [1.54, 1.807) is 7.11 Å². The minimum atomic E-state index is -0.212. The largest absolute Gasteiger partial charge is 0.496 e. The third-order valence-electron chi connectivity index (χ3n) is 3.80. The van der Waals surface area contributed by atoms with Crippen LogP contribution in [-0.4, -0.2) is 24.4 Å². The molecule has 1 aromatic carbocycles. The molecular formula is C15H23NO2. The van der Waals surface area contributed by atoms with Gasteiger partial charge in [0, 0.05) is 17.6 Å². The zero-order valence-corrected chi connectivity index (χ0v) is 11.2. The molecule has 3 heteroatoms. The molecule has 2 N–H and O–H groups in total. The molecule has 0 heterocycles. The summed E-state index contributed by atoms with van der Waals surface area (Å²) in [4.78, 5) is 0. The van der Waals surface area contributed by atoms with E-state index in [-0.39, 0.29) is 18.2 Å². The van der Waals surface area contributed by atoms with Gasteiger partial charge >= 0.3 is 0 Å². The van der Waals surface area contributed by atoms with Crippen LogP contribution in [0.5, 0.6) is 5.75 Å². The predicted octanol–water partition coefficient (Wildman–Crippen LogP) is 2.65. The molecule has 1 aliphatic rings. The topological polar surface area (TPSA) is 41.5 Å². The van der Waals surface area contributed by atoms with Gasteiger partial charge in [0.2, 0.25) is 0 Å². The number of benzene rings is 1. The maximum Gasteiger partial charge on any atom is 0.123 e. The Labute approximate surface area is 109 Å². The van der Waals surface area contributed by atoms with Gasteiger partial charge in [0.05, 0.1) is 13.2 Å². The van der Waals surface area contributed by atoms with Crippen molar-refractivity contribution in [1.29, 1.82) is 0 Å². The van der Waals surface area contributed by atoms with Crippen molar-refractivity contribution in [3.63, 3.8) is 0 Å². The van der Waals surface area contributed by atoms with E-state index in [1.807, 2.05) is 18.2 Å². The van der Waals surface area contributed by atoms with E-state index < -0.39 is 0 Å². The van der Waals surface area contributed by atoms with Crippen LogP contribution in [-0.2, 0) is 0 Å². The second kappa shape index (κ2) is 6.21. The van der Waals surface area contributed by atoms with Gasteiger partial charge in [-0.1, -0.05) is 31.0 Å². The predicted molar refractivity (Wildman–Crippen MR) is 72.8 cm³/mol. The Hall–Kier alpha value is -1.06. The maximum absolute atomic E-state index is 10.00. The van der Waals surface area contributed by atoms with Crippen molar-refractivity contribution in [3.05, 3.63) is 29.8 Å². The van der Waals surface area contributed by atoms with Crippen LogP contribution in [0.3, 0.4) is 0 Å². The summed E-state index contributed by atoms with van der Waals surface area (Å²) in [5.41, 5.74) is 1.15. The summed E-state index contributed by atoms with van der Waals surface area (Å²) < 4.78 is 5.38. The van der Waals surface area contributed by atoms with Gasteiger partial charge in [-0.2, -0.15) is 0 Å². The summed E-state index contributed by atoms with van der Waals surface area (Å²) in [6, 6.07) is 8.45. The fourth-order valence-electron chi connectivity index (χ4n) is 2.74.